The van der Waals surface area contributed by atoms with Gasteiger partial charge in [0.1, 0.15) is 0 Å². The summed E-state index contributed by atoms with van der Waals surface area (Å²) in [5.74, 6) is 0. The molecular formula is C102H98BN5. The Morgan fingerprint density at radius 3 is 0.759 bits per heavy atom. The summed E-state index contributed by atoms with van der Waals surface area (Å²) in [6.07, 6.45) is 0. The number of hydrogen-bond donors (Lipinski definition) is 0. The van der Waals surface area contributed by atoms with Gasteiger partial charge < -0.3 is 23.5 Å². The van der Waals surface area contributed by atoms with Gasteiger partial charge >= 0.3 is 0 Å². The van der Waals surface area contributed by atoms with Crippen molar-refractivity contribution in [1.82, 2.24) is 13.7 Å². The van der Waals surface area contributed by atoms with Gasteiger partial charge in [0, 0.05) is 77.8 Å². The Balaban J connectivity index is 0.962. The number of anilines is 6. The molecule has 534 valence electrons. The highest BCUT2D eigenvalue weighted by Crippen LogP contribution is 2.50. The van der Waals surface area contributed by atoms with Crippen molar-refractivity contribution >= 4 is 123 Å². The van der Waals surface area contributed by atoms with E-state index >= 15 is 0 Å². The van der Waals surface area contributed by atoms with Crippen molar-refractivity contribution in [2.45, 2.75) is 157 Å². The van der Waals surface area contributed by atoms with Crippen LogP contribution in [-0.4, -0.2) is 20.4 Å². The average molecular weight is 1400 g/mol. The average Bonchev–Trinajstić information content (AvgIpc) is 0.828. The van der Waals surface area contributed by atoms with Crippen LogP contribution in [-0.2, 0) is 32.5 Å². The van der Waals surface area contributed by atoms with Gasteiger partial charge in [-0.25, -0.2) is 0 Å². The maximum absolute atomic E-state index is 2.63. The van der Waals surface area contributed by atoms with Gasteiger partial charge in [0.05, 0.1) is 38.8 Å². The summed E-state index contributed by atoms with van der Waals surface area (Å²) in [6, 6.07) is 104. The van der Waals surface area contributed by atoms with Gasteiger partial charge in [-0.3, -0.25) is 0 Å². The van der Waals surface area contributed by atoms with E-state index in [0.29, 0.717) is 0 Å². The Hall–Kier alpha value is -11.1. The van der Waals surface area contributed by atoms with E-state index in [0.717, 1.165) is 62.2 Å². The summed E-state index contributed by atoms with van der Waals surface area (Å²) < 4.78 is 7.70. The van der Waals surface area contributed by atoms with Crippen LogP contribution in [0.4, 0.5) is 34.1 Å². The predicted octanol–water partition coefficient (Wildman–Crippen LogP) is 26.2. The Morgan fingerprint density at radius 2 is 0.454 bits per heavy atom. The van der Waals surface area contributed by atoms with Crippen LogP contribution in [0.1, 0.15) is 158 Å². The highest BCUT2D eigenvalue weighted by atomic mass is 15.2. The van der Waals surface area contributed by atoms with Crippen molar-refractivity contribution in [3.05, 3.63) is 300 Å². The third-order valence-corrected chi connectivity index (χ3v) is 23.8. The van der Waals surface area contributed by atoms with E-state index in [1.54, 1.807) is 0 Å². The molecule has 18 rings (SSSR count). The first kappa shape index (κ1) is 68.7. The Labute approximate surface area is 638 Å². The smallest absolute Gasteiger partial charge is 0.252 e. The lowest BCUT2D eigenvalue weighted by atomic mass is 9.33. The second-order valence-electron chi connectivity index (χ2n) is 37.2. The van der Waals surface area contributed by atoms with Crippen LogP contribution in [0.25, 0.3) is 105 Å². The highest BCUT2D eigenvalue weighted by Gasteiger charge is 2.45. The molecule has 0 N–H and O–H groups in total. The van der Waals surface area contributed by atoms with Crippen molar-refractivity contribution in [2.24, 2.45) is 0 Å². The molecule has 0 saturated heterocycles. The third-order valence-electron chi connectivity index (χ3n) is 23.8. The molecule has 0 spiro atoms. The molecule has 0 bridgehead atoms. The Bertz CT molecular complexity index is 5810. The largest absolute Gasteiger partial charge is 0.311 e. The summed E-state index contributed by atoms with van der Waals surface area (Å²) in [6.45, 7) is 41.6. The zero-order chi connectivity index (χ0) is 75.2. The molecule has 108 heavy (non-hydrogen) atoms. The van der Waals surface area contributed by atoms with Gasteiger partial charge in [0.25, 0.3) is 6.71 Å². The van der Waals surface area contributed by atoms with Crippen LogP contribution < -0.4 is 26.2 Å². The molecule has 0 aliphatic carbocycles. The van der Waals surface area contributed by atoms with Gasteiger partial charge in [0.15, 0.2) is 0 Å². The van der Waals surface area contributed by atoms with Crippen LogP contribution >= 0.6 is 0 Å². The quantitative estimate of drug-likeness (QED) is 0.148. The molecule has 2 aliphatic rings. The van der Waals surface area contributed by atoms with Crippen molar-refractivity contribution in [3.63, 3.8) is 0 Å². The normalized spacial score (nSPS) is 13.6. The molecule has 0 amide bonds. The number of nitrogens with zero attached hydrogens (tertiary/aromatic N) is 5. The number of rotatable bonds is 7. The van der Waals surface area contributed by atoms with Crippen LogP contribution in [0, 0.1) is 0 Å². The SMILES string of the molecule is CC(C)(C)c1ccc(-c2ccc(N3c4cc(-n5c6cc(C(C)(C)C)ccc6c6ccc(C(C)(C)C)cc65)ccc4B4c5ccc(-n6c7cc(C(C)(C)C)ccc7c7ccc(C(C)(C)C)cc76)cc5N(c5ccc(-c6ccc(C(C)(C)C)cc6)cc5)c5cc(-n6c7ccccc7c7ccccc76)cc3c54)cc2)cc1. The van der Waals surface area contributed by atoms with E-state index in [1.165, 1.54) is 126 Å². The molecule has 16 aromatic rings. The van der Waals surface area contributed by atoms with E-state index < -0.39 is 0 Å². The highest BCUT2D eigenvalue weighted by molar-refractivity contribution is 7.00. The van der Waals surface area contributed by atoms with Crippen molar-refractivity contribution in [1.29, 1.82) is 0 Å². The predicted molar refractivity (Wildman–Crippen MR) is 467 cm³/mol. The summed E-state index contributed by atoms with van der Waals surface area (Å²) in [4.78, 5) is 5.26. The third kappa shape index (κ3) is 11.2. The van der Waals surface area contributed by atoms with Gasteiger partial charge in [-0.15, -0.1) is 0 Å². The van der Waals surface area contributed by atoms with E-state index in [-0.39, 0.29) is 39.2 Å². The van der Waals surface area contributed by atoms with E-state index in [2.05, 4.69) is 415 Å². The molecule has 0 atom stereocenters. The first-order valence-electron chi connectivity index (χ1n) is 39.0. The fourth-order valence-electron chi connectivity index (χ4n) is 17.5. The van der Waals surface area contributed by atoms with E-state index in [9.17, 15) is 0 Å². The van der Waals surface area contributed by atoms with Gasteiger partial charge in [0.2, 0.25) is 0 Å². The Morgan fingerprint density at radius 1 is 0.204 bits per heavy atom. The number of benzene rings is 13. The first-order valence-corrected chi connectivity index (χ1v) is 39.0. The summed E-state index contributed by atoms with van der Waals surface area (Å²) in [7, 11) is 0. The van der Waals surface area contributed by atoms with Gasteiger partial charge in [-0.05, 0) is 202 Å². The fourth-order valence-corrected chi connectivity index (χ4v) is 17.5. The minimum atomic E-state index is -0.208. The van der Waals surface area contributed by atoms with Crippen LogP contribution in [0.15, 0.2) is 267 Å². The summed E-state index contributed by atoms with van der Waals surface area (Å²) >= 11 is 0. The van der Waals surface area contributed by atoms with Crippen LogP contribution in [0.2, 0.25) is 0 Å². The molecule has 5 nitrogen and oxygen atoms in total. The molecule has 0 unspecified atom stereocenters. The first-order chi connectivity index (χ1) is 51.3. The van der Waals surface area contributed by atoms with Gasteiger partial charge in [-0.2, -0.15) is 0 Å². The standard InChI is InChI=1S/C102H98BN5/c1-97(2,3)67-35-27-63(28-36-67)65-31-43-73(44-32-65)104-92-59-75(106-88-55-69(99(7,8)9)39-49-80(88)81-50-40-70(56-89(81)106)100(10,11)12)47-53-84(92)103-85-54-48-76(107-90-57-71(101(13,14)15)41-51-82(90)83-52-42-72(58-91(83)107)102(16,17)18)60-93(85)105(74-45-33-66(34-46-74)64-29-37-68(38-30-64)98(4,5)6)95-62-77(61-94(104)96(95)103)108-86-25-21-19-23-78(86)79-24-20-22-26-87(79)108/h19-62H,1-18H3. The molecule has 13 aromatic carbocycles. The number of fused-ring (bicyclic) bond motifs is 13. The topological polar surface area (TPSA) is 21.3 Å². The number of para-hydroxylation sites is 2. The van der Waals surface area contributed by atoms with E-state index in [4.69, 9.17) is 0 Å². The maximum atomic E-state index is 2.63. The lowest BCUT2D eigenvalue weighted by Gasteiger charge is -2.44. The van der Waals surface area contributed by atoms with Crippen LogP contribution in [0.5, 0.6) is 0 Å². The second-order valence-corrected chi connectivity index (χ2v) is 37.2. The monoisotopic (exact) mass is 1400 g/mol. The molecule has 3 aromatic heterocycles. The molecule has 0 fully saturated rings. The molecular weight excluding hydrogens is 1310 g/mol. The molecule has 6 heteroatoms. The molecule has 5 heterocycles. The van der Waals surface area contributed by atoms with Gasteiger partial charge in [-0.1, -0.05) is 294 Å². The fraction of sp³-hybridized carbons (Fsp3) is 0.235. The lowest BCUT2D eigenvalue weighted by Crippen LogP contribution is -2.61. The van der Waals surface area contributed by atoms with Crippen molar-refractivity contribution in [2.75, 3.05) is 9.80 Å². The Kier molecular flexibility index (Phi) is 15.4. The summed E-state index contributed by atoms with van der Waals surface area (Å²) in [5, 5.41) is 7.45. The van der Waals surface area contributed by atoms with E-state index in [1.807, 2.05) is 0 Å². The number of aromatic nitrogens is 3. The summed E-state index contributed by atoms with van der Waals surface area (Å²) in [5.41, 5.74) is 33.3. The molecule has 2 aliphatic heterocycles. The lowest BCUT2D eigenvalue weighted by molar-refractivity contribution is 0.590. The second kappa shape index (κ2) is 24.2. The molecule has 0 radical (unpaired) electrons. The maximum Gasteiger partial charge on any atom is 0.252 e. The zero-order valence-electron chi connectivity index (χ0n) is 66.2. The number of hydrogen-bond acceptors (Lipinski definition) is 2. The van der Waals surface area contributed by atoms with Crippen molar-refractivity contribution < 1.29 is 0 Å². The minimum Gasteiger partial charge on any atom is -0.311 e. The van der Waals surface area contributed by atoms with Crippen LogP contribution in [0.3, 0.4) is 0 Å². The molecule has 0 saturated carbocycles. The van der Waals surface area contributed by atoms with Crippen molar-refractivity contribution in [3.8, 4) is 39.3 Å². The minimum absolute atomic E-state index is 0.0384. The zero-order valence-corrected chi connectivity index (χ0v) is 66.2.